The van der Waals surface area contributed by atoms with Crippen molar-refractivity contribution in [1.82, 2.24) is 0 Å². The lowest BCUT2D eigenvalue weighted by Crippen LogP contribution is -2.11. The SMILES string of the molecule is COc1oc(C=CC(C)=CC(C)=Cc2ccc(N(O)O)cc2)c(C)c(=O)c1C. The Labute approximate surface area is 164 Å². The van der Waals surface area contributed by atoms with E-state index in [4.69, 9.17) is 19.6 Å². The first-order valence-corrected chi connectivity index (χ1v) is 8.74. The van der Waals surface area contributed by atoms with Crippen molar-refractivity contribution in [3.8, 4) is 5.95 Å². The molecule has 0 aliphatic rings. The molecule has 1 aromatic heterocycles. The number of allylic oxidation sites excluding steroid dienone is 4. The summed E-state index contributed by atoms with van der Waals surface area (Å²) in [5, 5.41) is 18.0. The molecule has 2 rings (SSSR count). The summed E-state index contributed by atoms with van der Waals surface area (Å²) in [7, 11) is 1.47. The van der Waals surface area contributed by atoms with E-state index in [0.29, 0.717) is 16.9 Å². The molecule has 148 valence electrons. The molecule has 28 heavy (non-hydrogen) atoms. The molecule has 0 saturated carbocycles. The van der Waals surface area contributed by atoms with Crippen LogP contribution in [0.3, 0.4) is 0 Å². The summed E-state index contributed by atoms with van der Waals surface area (Å²) in [6.07, 6.45) is 7.59. The van der Waals surface area contributed by atoms with Crippen molar-refractivity contribution in [3.63, 3.8) is 0 Å². The highest BCUT2D eigenvalue weighted by Gasteiger charge is 2.12. The van der Waals surface area contributed by atoms with E-state index >= 15 is 0 Å². The van der Waals surface area contributed by atoms with Crippen LogP contribution >= 0.6 is 0 Å². The van der Waals surface area contributed by atoms with E-state index in [1.54, 1.807) is 44.2 Å². The first kappa shape index (κ1) is 21.2. The fourth-order valence-electron chi connectivity index (χ4n) is 2.72. The average Bonchev–Trinajstić information content (AvgIpc) is 2.66. The molecular weight excluding hydrogens is 358 g/mol. The van der Waals surface area contributed by atoms with Gasteiger partial charge in [0.1, 0.15) is 5.76 Å². The van der Waals surface area contributed by atoms with Crippen LogP contribution in [0.15, 0.2) is 56.8 Å². The maximum Gasteiger partial charge on any atom is 0.291 e. The maximum atomic E-state index is 12.2. The molecular formula is C22H25NO5. The van der Waals surface area contributed by atoms with E-state index in [2.05, 4.69) is 0 Å². The van der Waals surface area contributed by atoms with Gasteiger partial charge in [0.15, 0.2) is 5.43 Å². The van der Waals surface area contributed by atoms with Crippen molar-refractivity contribution in [3.05, 3.63) is 80.2 Å². The van der Waals surface area contributed by atoms with Gasteiger partial charge in [-0.15, -0.1) is 5.23 Å². The molecule has 6 heteroatoms. The molecule has 0 spiro atoms. The Hall–Kier alpha value is -3.09. The Bertz CT molecular complexity index is 979. The fourth-order valence-corrected chi connectivity index (χ4v) is 2.72. The van der Waals surface area contributed by atoms with Gasteiger partial charge in [-0.05, 0) is 51.5 Å². The third kappa shape index (κ3) is 5.22. The van der Waals surface area contributed by atoms with Gasteiger partial charge in [0.25, 0.3) is 5.95 Å². The molecule has 0 atom stereocenters. The Kier molecular flexibility index (Phi) is 6.98. The Balaban J connectivity index is 2.21. The van der Waals surface area contributed by atoms with Gasteiger partial charge in [-0.3, -0.25) is 15.2 Å². The van der Waals surface area contributed by atoms with Crippen molar-refractivity contribution in [2.24, 2.45) is 0 Å². The molecule has 0 amide bonds. The highest BCUT2D eigenvalue weighted by molar-refractivity contribution is 5.60. The van der Waals surface area contributed by atoms with Crippen LogP contribution in [0.4, 0.5) is 5.69 Å². The molecule has 0 unspecified atom stereocenters. The lowest BCUT2D eigenvalue weighted by Gasteiger charge is -2.07. The molecule has 0 aliphatic carbocycles. The summed E-state index contributed by atoms with van der Waals surface area (Å²) in [4.78, 5) is 12.2. The van der Waals surface area contributed by atoms with Gasteiger partial charge in [-0.25, -0.2) is 0 Å². The monoisotopic (exact) mass is 383 g/mol. The summed E-state index contributed by atoms with van der Waals surface area (Å²) in [6.45, 7) is 7.32. The van der Waals surface area contributed by atoms with Gasteiger partial charge >= 0.3 is 0 Å². The fraction of sp³-hybridized carbons (Fsp3) is 0.227. The first-order valence-electron chi connectivity index (χ1n) is 8.74. The summed E-state index contributed by atoms with van der Waals surface area (Å²) in [5.74, 6) is 0.690. The van der Waals surface area contributed by atoms with Crippen molar-refractivity contribution in [1.29, 1.82) is 0 Å². The van der Waals surface area contributed by atoms with E-state index in [9.17, 15) is 4.79 Å². The standard InChI is InChI=1S/C22H25NO5/c1-14(6-11-20-16(3)21(24)17(4)22(27-5)28-20)12-15(2)13-18-7-9-19(10-8-18)23(25)26/h6-13,25-26H,1-5H3. The zero-order chi connectivity index (χ0) is 20.8. The molecule has 6 nitrogen and oxygen atoms in total. The summed E-state index contributed by atoms with van der Waals surface area (Å²) < 4.78 is 10.8. The van der Waals surface area contributed by atoms with E-state index in [1.807, 2.05) is 32.1 Å². The van der Waals surface area contributed by atoms with Gasteiger partial charge in [-0.2, -0.15) is 0 Å². The predicted octanol–water partition coefficient (Wildman–Crippen LogP) is 4.91. The van der Waals surface area contributed by atoms with E-state index in [0.717, 1.165) is 16.7 Å². The number of nitrogens with zero attached hydrogens (tertiary/aromatic N) is 1. The normalized spacial score (nSPS) is 12.5. The molecule has 0 bridgehead atoms. The predicted molar refractivity (Wildman–Crippen MR) is 110 cm³/mol. The zero-order valence-electron chi connectivity index (χ0n) is 16.7. The van der Waals surface area contributed by atoms with Crippen LogP contribution in [0.2, 0.25) is 0 Å². The number of hydrogen-bond donors (Lipinski definition) is 2. The third-order valence-electron chi connectivity index (χ3n) is 4.22. The Morgan fingerprint density at radius 3 is 2.29 bits per heavy atom. The second kappa shape index (κ2) is 9.21. The number of rotatable bonds is 6. The van der Waals surface area contributed by atoms with Gasteiger partial charge in [0.05, 0.1) is 18.4 Å². The Morgan fingerprint density at radius 2 is 1.71 bits per heavy atom. The Morgan fingerprint density at radius 1 is 1.07 bits per heavy atom. The van der Waals surface area contributed by atoms with Crippen LogP contribution in [0, 0.1) is 13.8 Å². The van der Waals surface area contributed by atoms with Gasteiger partial charge in [0.2, 0.25) is 0 Å². The lowest BCUT2D eigenvalue weighted by molar-refractivity contribution is 0.0291. The molecule has 0 saturated heterocycles. The number of anilines is 1. The number of ether oxygens (including phenoxy) is 1. The smallest absolute Gasteiger partial charge is 0.291 e. The largest absolute Gasteiger partial charge is 0.468 e. The van der Waals surface area contributed by atoms with E-state index in [1.165, 1.54) is 7.11 Å². The molecule has 0 fully saturated rings. The van der Waals surface area contributed by atoms with Crippen LogP contribution in [-0.2, 0) is 0 Å². The van der Waals surface area contributed by atoms with Crippen LogP contribution in [0.5, 0.6) is 5.95 Å². The molecule has 0 radical (unpaired) electrons. The van der Waals surface area contributed by atoms with Gasteiger partial charge in [0, 0.05) is 5.56 Å². The van der Waals surface area contributed by atoms with E-state index in [-0.39, 0.29) is 22.3 Å². The minimum Gasteiger partial charge on any atom is -0.468 e. The zero-order valence-corrected chi connectivity index (χ0v) is 16.7. The quantitative estimate of drug-likeness (QED) is 0.545. The highest BCUT2D eigenvalue weighted by Crippen LogP contribution is 2.20. The number of hydrogen-bond acceptors (Lipinski definition) is 6. The molecule has 2 aromatic rings. The molecule has 1 heterocycles. The first-order chi connectivity index (χ1) is 13.2. The molecule has 2 N–H and O–H groups in total. The lowest BCUT2D eigenvalue weighted by atomic mass is 10.1. The van der Waals surface area contributed by atoms with Crippen molar-refractivity contribution < 1.29 is 19.6 Å². The minimum absolute atomic E-state index is 0.0790. The number of benzene rings is 1. The van der Waals surface area contributed by atoms with Crippen LogP contribution in [0.25, 0.3) is 12.2 Å². The second-order valence-corrected chi connectivity index (χ2v) is 6.53. The van der Waals surface area contributed by atoms with Gasteiger partial charge < -0.3 is 9.15 Å². The van der Waals surface area contributed by atoms with Gasteiger partial charge in [-0.1, -0.05) is 41.5 Å². The van der Waals surface area contributed by atoms with Crippen molar-refractivity contribution in [2.45, 2.75) is 27.7 Å². The van der Waals surface area contributed by atoms with Crippen molar-refractivity contribution >= 4 is 17.8 Å². The van der Waals surface area contributed by atoms with Crippen LogP contribution in [-0.4, -0.2) is 17.5 Å². The minimum atomic E-state index is -0.0896. The topological polar surface area (TPSA) is 83.1 Å². The molecule has 0 aliphatic heterocycles. The summed E-state index contributed by atoms with van der Waals surface area (Å²) in [6, 6.07) is 6.78. The second-order valence-electron chi connectivity index (χ2n) is 6.53. The van der Waals surface area contributed by atoms with Crippen molar-refractivity contribution in [2.75, 3.05) is 12.3 Å². The van der Waals surface area contributed by atoms with Crippen LogP contribution in [0.1, 0.15) is 36.3 Å². The molecule has 1 aromatic carbocycles. The average molecular weight is 383 g/mol. The van der Waals surface area contributed by atoms with E-state index < -0.39 is 0 Å². The summed E-state index contributed by atoms with van der Waals surface area (Å²) in [5.41, 5.74) is 4.11. The maximum absolute atomic E-state index is 12.2. The third-order valence-corrected chi connectivity index (χ3v) is 4.22. The highest BCUT2D eigenvalue weighted by atomic mass is 16.8. The summed E-state index contributed by atoms with van der Waals surface area (Å²) >= 11 is 0. The van der Waals surface area contributed by atoms with Crippen LogP contribution < -0.4 is 15.4 Å². The number of methoxy groups -OCH3 is 1.